The molecule has 1 unspecified atom stereocenters. The molecular formula is C29H31N5O5S. The number of nitrogens with zero attached hydrogens (tertiary/aromatic N) is 4. The third-order valence-corrected chi connectivity index (χ3v) is 9.08. The summed E-state index contributed by atoms with van der Waals surface area (Å²) >= 11 is 0. The fourth-order valence-corrected chi connectivity index (χ4v) is 6.02. The lowest BCUT2D eigenvalue weighted by Crippen LogP contribution is -2.52. The Bertz CT molecular complexity index is 1590. The molecule has 1 saturated heterocycles. The first-order chi connectivity index (χ1) is 19.0. The number of carbonyl (C=O) groups excluding carboxylic acids is 3. The van der Waals surface area contributed by atoms with Gasteiger partial charge >= 0.3 is 0 Å². The average Bonchev–Trinajstić information content (AvgIpc) is 3.24. The van der Waals surface area contributed by atoms with E-state index in [1.54, 1.807) is 24.4 Å². The van der Waals surface area contributed by atoms with Crippen LogP contribution in [0.25, 0.3) is 11.3 Å². The third-order valence-electron chi connectivity index (χ3n) is 7.25. The zero-order chi connectivity index (χ0) is 28.6. The van der Waals surface area contributed by atoms with Crippen LogP contribution in [-0.4, -0.2) is 72.4 Å². The Morgan fingerprint density at radius 3 is 2.38 bits per heavy atom. The predicted molar refractivity (Wildman–Crippen MR) is 148 cm³/mol. The van der Waals surface area contributed by atoms with E-state index in [-0.39, 0.29) is 23.1 Å². The zero-order valence-electron chi connectivity index (χ0n) is 22.6. The molecule has 2 aliphatic rings. The number of hydrogen-bond donors (Lipinski definition) is 1. The first kappa shape index (κ1) is 27.6. The molecule has 1 fully saturated rings. The van der Waals surface area contributed by atoms with E-state index in [0.717, 1.165) is 27.9 Å². The summed E-state index contributed by atoms with van der Waals surface area (Å²) in [6, 6.07) is 15.8. The summed E-state index contributed by atoms with van der Waals surface area (Å²) in [7, 11) is 1.56. The Labute approximate surface area is 233 Å². The molecule has 3 amide bonds. The highest BCUT2D eigenvalue weighted by Crippen LogP contribution is 2.31. The van der Waals surface area contributed by atoms with Crippen LogP contribution >= 0.6 is 0 Å². The summed E-state index contributed by atoms with van der Waals surface area (Å²) in [5, 5.41) is 2.33. The number of rotatable bonds is 8. The van der Waals surface area contributed by atoms with Crippen LogP contribution in [0.3, 0.4) is 0 Å². The van der Waals surface area contributed by atoms with Crippen LogP contribution in [0, 0.1) is 0 Å². The maximum atomic E-state index is 13.0. The summed E-state index contributed by atoms with van der Waals surface area (Å²) in [6.07, 6.45) is 2.30. The van der Waals surface area contributed by atoms with E-state index in [1.807, 2.05) is 43.4 Å². The topological polar surface area (TPSA) is 120 Å². The first-order valence-electron chi connectivity index (χ1n) is 13.0. The quantitative estimate of drug-likeness (QED) is 0.420. The maximum absolute atomic E-state index is 13.0. The molecule has 40 heavy (non-hydrogen) atoms. The maximum Gasteiger partial charge on any atom is 0.255 e. The van der Waals surface area contributed by atoms with Crippen LogP contribution in [0.5, 0.6) is 0 Å². The van der Waals surface area contributed by atoms with Crippen molar-refractivity contribution in [2.45, 2.75) is 43.4 Å². The van der Waals surface area contributed by atoms with Crippen molar-refractivity contribution >= 4 is 27.7 Å². The standard InChI is InChI=1S/C29H31N5O5S/c1-32(2)40(38,39)23-7-4-19(5-8-23)16-33(3)17-20-12-13-30-25(14-20)21-6-9-24-22(15-21)18-34(29(24)37)26-10-11-27(35)31-28(26)36/h4-9,12-15,26H,10-11,16-18H2,1-3H3,(H,31,35,36). The van der Waals surface area contributed by atoms with E-state index < -0.39 is 22.0 Å². The Morgan fingerprint density at radius 2 is 1.68 bits per heavy atom. The number of pyridine rings is 1. The molecule has 0 spiro atoms. The Balaban J connectivity index is 1.26. The van der Waals surface area contributed by atoms with Gasteiger partial charge in [-0.25, -0.2) is 12.7 Å². The van der Waals surface area contributed by atoms with E-state index in [4.69, 9.17) is 0 Å². The van der Waals surface area contributed by atoms with E-state index >= 15 is 0 Å². The summed E-state index contributed by atoms with van der Waals surface area (Å²) in [5.41, 5.74) is 5.10. The number of amides is 3. The largest absolute Gasteiger partial charge is 0.322 e. The lowest BCUT2D eigenvalue weighted by molar-refractivity contribution is -0.136. The zero-order valence-corrected chi connectivity index (χ0v) is 23.4. The second kappa shape index (κ2) is 10.9. The number of aromatic nitrogens is 1. The number of hydrogen-bond acceptors (Lipinski definition) is 7. The minimum absolute atomic E-state index is 0.202. The van der Waals surface area contributed by atoms with E-state index in [9.17, 15) is 22.8 Å². The van der Waals surface area contributed by atoms with Crippen molar-refractivity contribution in [3.05, 3.63) is 83.0 Å². The Kier molecular flexibility index (Phi) is 7.54. The van der Waals surface area contributed by atoms with Gasteiger partial charge in [0, 0.05) is 57.5 Å². The van der Waals surface area contributed by atoms with Gasteiger partial charge < -0.3 is 4.90 Å². The van der Waals surface area contributed by atoms with Gasteiger partial charge in [0.05, 0.1) is 10.6 Å². The molecule has 0 aliphatic carbocycles. The lowest BCUT2D eigenvalue weighted by atomic mass is 10.0. The molecule has 1 atom stereocenters. The highest BCUT2D eigenvalue weighted by Gasteiger charge is 2.39. The van der Waals surface area contributed by atoms with Crippen molar-refractivity contribution < 1.29 is 22.8 Å². The van der Waals surface area contributed by atoms with Gasteiger partial charge in [0.25, 0.3) is 5.91 Å². The molecule has 11 heteroatoms. The van der Waals surface area contributed by atoms with Gasteiger partial charge in [-0.3, -0.25) is 29.6 Å². The van der Waals surface area contributed by atoms with Crippen molar-refractivity contribution in [1.29, 1.82) is 0 Å². The van der Waals surface area contributed by atoms with Gasteiger partial charge in [0.2, 0.25) is 21.8 Å². The minimum Gasteiger partial charge on any atom is -0.322 e. The molecule has 3 heterocycles. The lowest BCUT2D eigenvalue weighted by Gasteiger charge is -2.29. The Hall–Kier alpha value is -3.93. The summed E-state index contributed by atoms with van der Waals surface area (Å²) in [5.74, 6) is -0.935. The summed E-state index contributed by atoms with van der Waals surface area (Å²) in [6.45, 7) is 1.60. The van der Waals surface area contributed by atoms with Gasteiger partial charge in [-0.05, 0) is 66.6 Å². The van der Waals surface area contributed by atoms with E-state index in [2.05, 4.69) is 15.2 Å². The smallest absolute Gasteiger partial charge is 0.255 e. The van der Waals surface area contributed by atoms with Crippen molar-refractivity contribution in [2.75, 3.05) is 21.1 Å². The van der Waals surface area contributed by atoms with Gasteiger partial charge in [-0.15, -0.1) is 0 Å². The summed E-state index contributed by atoms with van der Waals surface area (Å²) in [4.78, 5) is 45.3. The van der Waals surface area contributed by atoms with Crippen LogP contribution in [0.4, 0.5) is 0 Å². The van der Waals surface area contributed by atoms with Gasteiger partial charge in [-0.1, -0.05) is 18.2 Å². The fraction of sp³-hybridized carbons (Fsp3) is 0.310. The SMILES string of the molecule is CN(Cc1ccc(S(=O)(=O)N(C)C)cc1)Cc1ccnc(-c2ccc3c(c2)CN(C2CCC(=O)NC2=O)C3=O)c1. The van der Waals surface area contributed by atoms with Crippen molar-refractivity contribution in [3.63, 3.8) is 0 Å². The summed E-state index contributed by atoms with van der Waals surface area (Å²) < 4.78 is 25.8. The van der Waals surface area contributed by atoms with Gasteiger partial charge in [0.15, 0.2) is 0 Å². The average molecular weight is 562 g/mol. The highest BCUT2D eigenvalue weighted by molar-refractivity contribution is 7.89. The molecular weight excluding hydrogens is 530 g/mol. The van der Waals surface area contributed by atoms with Gasteiger partial charge in [0.1, 0.15) is 6.04 Å². The van der Waals surface area contributed by atoms with E-state index in [1.165, 1.54) is 23.3 Å². The van der Waals surface area contributed by atoms with Crippen molar-refractivity contribution in [3.8, 4) is 11.3 Å². The second-order valence-electron chi connectivity index (χ2n) is 10.4. The number of sulfonamides is 1. The molecule has 0 bridgehead atoms. The molecule has 5 rings (SSSR count). The number of benzene rings is 2. The molecule has 1 N–H and O–H groups in total. The number of imide groups is 1. The van der Waals surface area contributed by atoms with Gasteiger partial charge in [-0.2, -0.15) is 0 Å². The van der Waals surface area contributed by atoms with Crippen LogP contribution < -0.4 is 5.32 Å². The second-order valence-corrected chi connectivity index (χ2v) is 12.6. The molecule has 2 aromatic carbocycles. The van der Waals surface area contributed by atoms with Crippen LogP contribution in [0.1, 0.15) is 39.9 Å². The fourth-order valence-electron chi connectivity index (χ4n) is 5.12. The van der Waals surface area contributed by atoms with E-state index in [0.29, 0.717) is 31.6 Å². The molecule has 2 aliphatic heterocycles. The minimum atomic E-state index is -3.46. The van der Waals surface area contributed by atoms with Crippen LogP contribution in [0.15, 0.2) is 65.7 Å². The Morgan fingerprint density at radius 1 is 0.950 bits per heavy atom. The molecule has 1 aromatic heterocycles. The molecule has 10 nitrogen and oxygen atoms in total. The highest BCUT2D eigenvalue weighted by atomic mass is 32.2. The van der Waals surface area contributed by atoms with Crippen LogP contribution in [-0.2, 0) is 39.2 Å². The number of nitrogens with one attached hydrogen (secondary N) is 1. The molecule has 0 radical (unpaired) electrons. The first-order valence-corrected chi connectivity index (χ1v) is 14.4. The van der Waals surface area contributed by atoms with Crippen molar-refractivity contribution in [2.24, 2.45) is 0 Å². The number of fused-ring (bicyclic) bond motifs is 1. The predicted octanol–water partition coefficient (Wildman–Crippen LogP) is 2.39. The molecule has 0 saturated carbocycles. The molecule has 208 valence electrons. The number of carbonyl (C=O) groups is 3. The normalized spacial score (nSPS) is 17.5. The van der Waals surface area contributed by atoms with Crippen LogP contribution in [0.2, 0.25) is 0 Å². The third kappa shape index (κ3) is 5.53. The monoisotopic (exact) mass is 561 g/mol. The van der Waals surface area contributed by atoms with Crippen molar-refractivity contribution in [1.82, 2.24) is 24.4 Å². The number of piperidine rings is 1. The molecule has 3 aromatic rings.